The fraction of sp³-hybridized carbons (Fsp3) is 1.00. The Balaban J connectivity index is 1.60. The molecule has 1 heterocycles. The zero-order valence-electron chi connectivity index (χ0n) is 9.39. The van der Waals surface area contributed by atoms with Gasteiger partial charge in [0.2, 0.25) is 0 Å². The SMILES string of the molecule is CC1CCC(C2NCC23CCC3)CC1. The Kier molecular flexibility index (Phi) is 2.12. The van der Waals surface area contributed by atoms with Gasteiger partial charge in [0.25, 0.3) is 0 Å². The Bertz CT molecular complexity index is 206. The first-order valence-electron chi connectivity index (χ1n) is 6.54. The molecule has 0 amide bonds. The molecule has 0 radical (unpaired) electrons. The molecule has 1 heteroatoms. The van der Waals surface area contributed by atoms with Crippen LogP contribution in [0.15, 0.2) is 0 Å². The quantitative estimate of drug-likeness (QED) is 0.675. The molecule has 3 rings (SSSR count). The summed E-state index contributed by atoms with van der Waals surface area (Å²) < 4.78 is 0. The van der Waals surface area contributed by atoms with Crippen LogP contribution in [-0.4, -0.2) is 12.6 Å². The third-order valence-corrected chi connectivity index (χ3v) is 5.22. The fourth-order valence-corrected chi connectivity index (χ4v) is 3.91. The second-order valence-corrected chi connectivity index (χ2v) is 6.09. The second-order valence-electron chi connectivity index (χ2n) is 6.09. The maximum Gasteiger partial charge on any atom is 0.0164 e. The van der Waals surface area contributed by atoms with Crippen molar-refractivity contribution in [3.63, 3.8) is 0 Å². The topological polar surface area (TPSA) is 12.0 Å². The van der Waals surface area contributed by atoms with E-state index in [0.29, 0.717) is 0 Å². The molecule has 1 spiro atoms. The Labute approximate surface area is 87.7 Å². The summed E-state index contributed by atoms with van der Waals surface area (Å²) in [6.07, 6.45) is 10.5. The molecule has 1 N–H and O–H groups in total. The van der Waals surface area contributed by atoms with Gasteiger partial charge in [-0.1, -0.05) is 26.2 Å². The normalized spacial score (nSPS) is 45.6. The van der Waals surface area contributed by atoms with E-state index in [0.717, 1.165) is 23.3 Å². The molecule has 80 valence electrons. The van der Waals surface area contributed by atoms with Crippen LogP contribution in [0.2, 0.25) is 0 Å². The molecule has 2 saturated carbocycles. The van der Waals surface area contributed by atoms with E-state index in [1.165, 1.54) is 51.5 Å². The third kappa shape index (κ3) is 1.25. The molecule has 1 unspecified atom stereocenters. The smallest absolute Gasteiger partial charge is 0.0164 e. The Morgan fingerprint density at radius 3 is 2.21 bits per heavy atom. The summed E-state index contributed by atoms with van der Waals surface area (Å²) in [5, 5.41) is 3.72. The van der Waals surface area contributed by atoms with Crippen molar-refractivity contribution in [3.05, 3.63) is 0 Å². The summed E-state index contributed by atoms with van der Waals surface area (Å²) in [5.74, 6) is 2.03. The Morgan fingerprint density at radius 1 is 1.07 bits per heavy atom. The van der Waals surface area contributed by atoms with Crippen LogP contribution in [0.3, 0.4) is 0 Å². The van der Waals surface area contributed by atoms with Gasteiger partial charge in [0.1, 0.15) is 0 Å². The molecule has 0 aromatic rings. The van der Waals surface area contributed by atoms with E-state index in [4.69, 9.17) is 0 Å². The Morgan fingerprint density at radius 2 is 1.79 bits per heavy atom. The van der Waals surface area contributed by atoms with E-state index < -0.39 is 0 Å². The summed E-state index contributed by atoms with van der Waals surface area (Å²) >= 11 is 0. The van der Waals surface area contributed by atoms with Crippen LogP contribution in [0, 0.1) is 17.3 Å². The van der Waals surface area contributed by atoms with E-state index in [2.05, 4.69) is 12.2 Å². The highest BCUT2D eigenvalue weighted by Gasteiger charge is 2.53. The van der Waals surface area contributed by atoms with Crippen molar-refractivity contribution in [3.8, 4) is 0 Å². The molecule has 0 aromatic heterocycles. The van der Waals surface area contributed by atoms with Crippen LogP contribution in [0.5, 0.6) is 0 Å². The minimum atomic E-state index is 0.797. The van der Waals surface area contributed by atoms with Gasteiger partial charge in [0.15, 0.2) is 0 Å². The van der Waals surface area contributed by atoms with Gasteiger partial charge in [-0.05, 0) is 42.9 Å². The van der Waals surface area contributed by atoms with Crippen LogP contribution in [0.25, 0.3) is 0 Å². The molecule has 2 aliphatic carbocycles. The summed E-state index contributed by atoms with van der Waals surface area (Å²) in [6.45, 7) is 3.76. The van der Waals surface area contributed by atoms with E-state index in [1.807, 2.05) is 0 Å². The standard InChI is InChI=1S/C13H23N/c1-10-3-5-11(6-4-10)12-13(9-14-12)7-2-8-13/h10-12,14H,2-9H2,1H3. The van der Waals surface area contributed by atoms with Gasteiger partial charge in [-0.15, -0.1) is 0 Å². The van der Waals surface area contributed by atoms with Gasteiger partial charge in [-0.25, -0.2) is 0 Å². The maximum atomic E-state index is 3.72. The monoisotopic (exact) mass is 193 g/mol. The van der Waals surface area contributed by atoms with Gasteiger partial charge in [-0.2, -0.15) is 0 Å². The van der Waals surface area contributed by atoms with Crippen LogP contribution >= 0.6 is 0 Å². The number of hydrogen-bond acceptors (Lipinski definition) is 1. The van der Waals surface area contributed by atoms with Gasteiger partial charge in [0, 0.05) is 12.6 Å². The zero-order chi connectivity index (χ0) is 9.60. The minimum absolute atomic E-state index is 0.797. The number of nitrogens with one attached hydrogen (secondary N) is 1. The maximum absolute atomic E-state index is 3.72. The predicted octanol–water partition coefficient (Wildman–Crippen LogP) is 2.95. The van der Waals surface area contributed by atoms with Crippen molar-refractivity contribution in [2.75, 3.05) is 6.54 Å². The van der Waals surface area contributed by atoms with Gasteiger partial charge >= 0.3 is 0 Å². The van der Waals surface area contributed by atoms with E-state index >= 15 is 0 Å². The largest absolute Gasteiger partial charge is 0.312 e. The molecule has 1 aliphatic heterocycles. The van der Waals surface area contributed by atoms with E-state index in [1.54, 1.807) is 0 Å². The Hall–Kier alpha value is -0.0400. The predicted molar refractivity (Wildman–Crippen MR) is 59.2 cm³/mol. The van der Waals surface area contributed by atoms with Crippen LogP contribution < -0.4 is 5.32 Å². The van der Waals surface area contributed by atoms with Gasteiger partial charge < -0.3 is 5.32 Å². The molecule has 14 heavy (non-hydrogen) atoms. The van der Waals surface area contributed by atoms with Crippen molar-refractivity contribution < 1.29 is 0 Å². The third-order valence-electron chi connectivity index (χ3n) is 5.22. The molecule has 1 atom stereocenters. The summed E-state index contributed by atoms with van der Waals surface area (Å²) in [6, 6.07) is 0.920. The lowest BCUT2D eigenvalue weighted by molar-refractivity contribution is -0.0445. The fourth-order valence-electron chi connectivity index (χ4n) is 3.91. The van der Waals surface area contributed by atoms with Crippen LogP contribution in [0.4, 0.5) is 0 Å². The van der Waals surface area contributed by atoms with E-state index in [9.17, 15) is 0 Å². The van der Waals surface area contributed by atoms with Crippen molar-refractivity contribution in [1.29, 1.82) is 0 Å². The molecule has 3 fully saturated rings. The van der Waals surface area contributed by atoms with Gasteiger partial charge in [-0.3, -0.25) is 0 Å². The lowest BCUT2D eigenvalue weighted by Gasteiger charge is -2.60. The number of rotatable bonds is 1. The summed E-state index contributed by atoms with van der Waals surface area (Å²) in [5.41, 5.74) is 0.797. The molecular formula is C13H23N. The van der Waals surface area contributed by atoms with Crippen molar-refractivity contribution >= 4 is 0 Å². The van der Waals surface area contributed by atoms with Crippen molar-refractivity contribution in [2.24, 2.45) is 17.3 Å². The lowest BCUT2D eigenvalue weighted by Crippen LogP contribution is -2.68. The highest BCUT2D eigenvalue weighted by atomic mass is 15.1. The van der Waals surface area contributed by atoms with Crippen molar-refractivity contribution in [1.82, 2.24) is 5.32 Å². The number of hydrogen-bond donors (Lipinski definition) is 1. The highest BCUT2D eigenvalue weighted by molar-refractivity contribution is 5.09. The molecule has 0 bridgehead atoms. The summed E-state index contributed by atoms with van der Waals surface area (Å²) in [4.78, 5) is 0. The first-order valence-corrected chi connectivity index (χ1v) is 6.54. The van der Waals surface area contributed by atoms with E-state index in [-0.39, 0.29) is 0 Å². The van der Waals surface area contributed by atoms with Crippen LogP contribution in [-0.2, 0) is 0 Å². The first-order chi connectivity index (χ1) is 6.80. The average Bonchev–Trinajstić information content (AvgIpc) is 2.04. The van der Waals surface area contributed by atoms with Gasteiger partial charge in [0.05, 0.1) is 0 Å². The molecule has 1 nitrogen and oxygen atoms in total. The molecule has 1 saturated heterocycles. The first kappa shape index (κ1) is 9.21. The summed E-state index contributed by atoms with van der Waals surface area (Å²) in [7, 11) is 0. The molecule has 0 aromatic carbocycles. The minimum Gasteiger partial charge on any atom is -0.312 e. The second kappa shape index (κ2) is 3.23. The van der Waals surface area contributed by atoms with Crippen LogP contribution in [0.1, 0.15) is 51.9 Å². The molecular weight excluding hydrogens is 170 g/mol. The van der Waals surface area contributed by atoms with Crippen molar-refractivity contribution in [2.45, 2.75) is 57.9 Å². The average molecular weight is 193 g/mol. The lowest BCUT2D eigenvalue weighted by atomic mass is 9.54. The molecule has 3 aliphatic rings. The zero-order valence-corrected chi connectivity index (χ0v) is 9.39. The highest BCUT2D eigenvalue weighted by Crippen LogP contribution is 2.52.